The molecule has 1 aliphatic rings. The Kier molecular flexibility index (Phi) is 7.31. The number of aromatic nitrogens is 1. The monoisotopic (exact) mass is 304 g/mol. The number of amides is 1. The van der Waals surface area contributed by atoms with Crippen LogP contribution in [0.15, 0.2) is 11.0 Å². The summed E-state index contributed by atoms with van der Waals surface area (Å²) in [5, 5.41) is 2.47. The number of carbonyl (C=O) groups excluding carboxylic acids is 1. The van der Waals surface area contributed by atoms with Gasteiger partial charge in [-0.1, -0.05) is 6.42 Å². The van der Waals surface area contributed by atoms with Gasteiger partial charge in [-0.2, -0.15) is 4.39 Å². The van der Waals surface area contributed by atoms with Crippen LogP contribution in [-0.2, 0) is 11.2 Å². The molecule has 2 N–H and O–H groups in total. The van der Waals surface area contributed by atoms with E-state index in [0.717, 1.165) is 19.3 Å². The Hall–Kier alpha value is -1.12. The van der Waals surface area contributed by atoms with Gasteiger partial charge in [0.05, 0.1) is 5.69 Å². The third-order valence-electron chi connectivity index (χ3n) is 3.81. The maximum absolute atomic E-state index is 13.9. The van der Waals surface area contributed by atoms with Crippen LogP contribution in [0.1, 0.15) is 37.7 Å². The van der Waals surface area contributed by atoms with Crippen molar-refractivity contribution in [3.63, 3.8) is 0 Å². The molecular weight excluding hydrogens is 285 g/mol. The average molecular weight is 304 g/mol. The van der Waals surface area contributed by atoms with E-state index in [9.17, 15) is 18.4 Å². The topological polar surface area (TPSA) is 62.0 Å². The molecule has 7 heteroatoms. The third-order valence-corrected chi connectivity index (χ3v) is 3.81. The van der Waals surface area contributed by atoms with Crippen LogP contribution < -0.4 is 29.7 Å². The Morgan fingerprint density at radius 1 is 1.50 bits per heavy atom. The van der Waals surface area contributed by atoms with Crippen molar-refractivity contribution in [3.05, 3.63) is 34.9 Å². The van der Waals surface area contributed by atoms with Crippen LogP contribution in [0, 0.1) is 18.7 Å². The summed E-state index contributed by atoms with van der Waals surface area (Å²) in [6, 6.07) is 0. The van der Waals surface area contributed by atoms with Crippen molar-refractivity contribution < 1.29 is 32.4 Å². The number of nitrogens with one attached hydrogen (secondary N) is 2. The smallest absolute Gasteiger partial charge is 0.326 e. The number of alkyl halides is 1. The van der Waals surface area contributed by atoms with E-state index in [2.05, 4.69) is 17.2 Å². The molecule has 1 aromatic heterocycles. The van der Waals surface area contributed by atoms with Crippen molar-refractivity contribution in [1.82, 2.24) is 4.98 Å². The van der Waals surface area contributed by atoms with Gasteiger partial charge < -0.3 is 17.2 Å². The van der Waals surface area contributed by atoms with Crippen molar-refractivity contribution in [2.24, 2.45) is 5.92 Å². The van der Waals surface area contributed by atoms with Crippen molar-refractivity contribution in [3.8, 4) is 0 Å². The normalized spacial score (nSPS) is 15.6. The first-order valence-electron chi connectivity index (χ1n) is 7.14. The van der Waals surface area contributed by atoms with Crippen molar-refractivity contribution >= 4 is 11.6 Å². The SMILES string of the molecule is [CH2-]C(F)CCc1c[nH]c(=O)c(F)c1NC(=O)CC1CCC1.[Li+]. The predicted octanol–water partition coefficient (Wildman–Crippen LogP) is -0.249. The Labute approximate surface area is 140 Å². The summed E-state index contributed by atoms with van der Waals surface area (Å²) in [7, 11) is 0. The third kappa shape index (κ3) is 4.96. The Balaban J connectivity index is 0.00000242. The second-order valence-electron chi connectivity index (χ2n) is 5.52. The summed E-state index contributed by atoms with van der Waals surface area (Å²) in [4.78, 5) is 25.5. The Bertz CT molecular complexity index is 571. The molecule has 1 saturated carbocycles. The van der Waals surface area contributed by atoms with E-state index in [1.165, 1.54) is 6.20 Å². The van der Waals surface area contributed by atoms with Crippen molar-refractivity contribution in [2.45, 2.75) is 44.7 Å². The van der Waals surface area contributed by atoms with E-state index < -0.39 is 17.5 Å². The molecule has 0 spiro atoms. The summed E-state index contributed by atoms with van der Waals surface area (Å²) in [5.41, 5.74) is -0.659. The van der Waals surface area contributed by atoms with Crippen LogP contribution in [0.5, 0.6) is 0 Å². The molecular formula is C15H19F2LiN2O2. The minimum absolute atomic E-state index is 0. The molecule has 1 heterocycles. The van der Waals surface area contributed by atoms with Gasteiger partial charge in [-0.25, -0.2) is 0 Å². The maximum Gasteiger partial charge on any atom is 1.00 e. The summed E-state index contributed by atoms with van der Waals surface area (Å²) >= 11 is 0. The first-order valence-corrected chi connectivity index (χ1v) is 7.14. The minimum atomic E-state index is -1.28. The fourth-order valence-electron chi connectivity index (χ4n) is 2.34. The van der Waals surface area contributed by atoms with E-state index in [-0.39, 0.29) is 43.3 Å². The molecule has 116 valence electrons. The molecule has 4 nitrogen and oxygen atoms in total. The second-order valence-corrected chi connectivity index (χ2v) is 5.52. The first kappa shape index (κ1) is 18.9. The van der Waals surface area contributed by atoms with Gasteiger partial charge in [0.2, 0.25) is 11.7 Å². The second kappa shape index (κ2) is 8.49. The van der Waals surface area contributed by atoms with E-state index in [1.807, 2.05) is 0 Å². The van der Waals surface area contributed by atoms with E-state index in [1.54, 1.807) is 0 Å². The van der Waals surface area contributed by atoms with E-state index in [4.69, 9.17) is 0 Å². The summed E-state index contributed by atoms with van der Waals surface area (Å²) < 4.78 is 26.7. The van der Waals surface area contributed by atoms with Gasteiger partial charge in [-0.3, -0.25) is 14.0 Å². The molecule has 1 amide bonds. The van der Waals surface area contributed by atoms with Gasteiger partial charge in [0, 0.05) is 12.6 Å². The summed E-state index contributed by atoms with van der Waals surface area (Å²) in [5.74, 6) is -1.00. The molecule has 1 fully saturated rings. The Morgan fingerprint density at radius 3 is 2.73 bits per heavy atom. The number of rotatable bonds is 6. The standard InChI is InChI=1S/C15H19F2N2O2.Li/c1-9(16)5-6-11-8-18-15(21)13(17)14(11)19-12(20)7-10-3-2-4-10;/h8-10H,1-7H2,(H2,18,19,20,21);/q-1;+1. The van der Waals surface area contributed by atoms with Crippen molar-refractivity contribution in [2.75, 3.05) is 5.32 Å². The Morgan fingerprint density at radius 2 is 2.18 bits per heavy atom. The molecule has 0 aliphatic heterocycles. The van der Waals surface area contributed by atoms with Crippen LogP contribution in [0.25, 0.3) is 0 Å². The molecule has 1 atom stereocenters. The number of halogens is 2. The number of aromatic amines is 1. The van der Waals surface area contributed by atoms with E-state index >= 15 is 0 Å². The van der Waals surface area contributed by atoms with Crippen LogP contribution in [0.4, 0.5) is 14.5 Å². The minimum Gasteiger partial charge on any atom is -0.326 e. The molecule has 0 bridgehead atoms. The molecule has 22 heavy (non-hydrogen) atoms. The maximum atomic E-state index is 13.9. The van der Waals surface area contributed by atoms with Gasteiger partial charge in [0.1, 0.15) is 0 Å². The van der Waals surface area contributed by atoms with Crippen molar-refractivity contribution in [1.29, 1.82) is 0 Å². The number of pyridine rings is 1. The predicted molar refractivity (Wildman–Crippen MR) is 76.2 cm³/mol. The van der Waals surface area contributed by atoms with E-state index in [0.29, 0.717) is 17.9 Å². The zero-order valence-electron chi connectivity index (χ0n) is 12.8. The van der Waals surface area contributed by atoms with Gasteiger partial charge in [-0.15, -0.1) is 0 Å². The molecule has 2 rings (SSSR count). The average Bonchev–Trinajstić information content (AvgIpc) is 2.38. The van der Waals surface area contributed by atoms with Crippen LogP contribution in [0.2, 0.25) is 0 Å². The molecule has 0 radical (unpaired) electrons. The van der Waals surface area contributed by atoms with Gasteiger partial charge in [-0.05, 0) is 43.3 Å². The van der Waals surface area contributed by atoms with Crippen LogP contribution >= 0.6 is 0 Å². The van der Waals surface area contributed by atoms with Gasteiger partial charge in [0.25, 0.3) is 5.56 Å². The zero-order chi connectivity index (χ0) is 15.4. The number of anilines is 1. The number of hydrogen-bond donors (Lipinski definition) is 2. The van der Waals surface area contributed by atoms with Crippen LogP contribution in [-0.4, -0.2) is 17.1 Å². The summed E-state index contributed by atoms with van der Waals surface area (Å²) in [6.45, 7) is 3.22. The van der Waals surface area contributed by atoms with Gasteiger partial charge >= 0.3 is 18.9 Å². The number of carbonyl (C=O) groups is 1. The first-order chi connectivity index (χ1) is 9.97. The number of H-pyrrole nitrogens is 1. The summed E-state index contributed by atoms with van der Waals surface area (Å²) in [6.07, 6.45) is 3.77. The largest absolute Gasteiger partial charge is 1.00 e. The number of hydrogen-bond acceptors (Lipinski definition) is 2. The molecule has 0 aromatic carbocycles. The zero-order valence-corrected chi connectivity index (χ0v) is 12.8. The fourth-order valence-corrected chi connectivity index (χ4v) is 2.34. The quantitative estimate of drug-likeness (QED) is 0.562. The van der Waals surface area contributed by atoms with Gasteiger partial charge in [0.15, 0.2) is 0 Å². The fraction of sp³-hybridized carbons (Fsp3) is 0.533. The molecule has 0 saturated heterocycles. The van der Waals surface area contributed by atoms with Crippen LogP contribution in [0.3, 0.4) is 0 Å². The molecule has 1 unspecified atom stereocenters. The number of aryl methyl sites for hydroxylation is 1. The molecule has 1 aliphatic carbocycles. The molecule has 1 aromatic rings.